The number of hydrogen-bond donors (Lipinski definition) is 1. The van der Waals surface area contributed by atoms with Gasteiger partial charge in [-0.2, -0.15) is 0 Å². The van der Waals surface area contributed by atoms with Gasteiger partial charge in [-0.15, -0.1) is 0 Å². The van der Waals surface area contributed by atoms with Crippen LogP contribution in [0.25, 0.3) is 10.8 Å². The van der Waals surface area contributed by atoms with Crippen LogP contribution in [-0.2, 0) is 9.59 Å². The number of carbonyl (C=O) groups excluding carboxylic acids is 2. The Morgan fingerprint density at radius 1 is 0.886 bits per heavy atom. The Morgan fingerprint density at radius 3 is 2.31 bits per heavy atom. The number of anilines is 2. The van der Waals surface area contributed by atoms with Crippen LogP contribution in [-0.4, -0.2) is 25.0 Å². The second-order valence-electron chi connectivity index (χ2n) is 8.46. The number of rotatable bonds is 7. The first-order valence-corrected chi connectivity index (χ1v) is 11.7. The molecule has 0 saturated carbocycles. The van der Waals surface area contributed by atoms with E-state index in [1.165, 1.54) is 0 Å². The normalized spacial score (nSPS) is 15.3. The Hall–Kier alpha value is -4.32. The predicted octanol–water partition coefficient (Wildman–Crippen LogP) is 6.02. The fraction of sp³-hybridized carbons (Fsp3) is 0.172. The molecule has 0 radical (unpaired) electrons. The van der Waals surface area contributed by atoms with Gasteiger partial charge in [-0.3, -0.25) is 9.59 Å². The van der Waals surface area contributed by atoms with Crippen molar-refractivity contribution in [3.05, 3.63) is 91.0 Å². The number of carbonyl (C=O) groups is 2. The molecule has 0 aliphatic carbocycles. The lowest BCUT2D eigenvalue weighted by Gasteiger charge is -2.17. The van der Waals surface area contributed by atoms with E-state index in [4.69, 9.17) is 9.47 Å². The number of nitrogens with zero attached hydrogens (tertiary/aromatic N) is 1. The first kappa shape index (κ1) is 22.5. The summed E-state index contributed by atoms with van der Waals surface area (Å²) >= 11 is 0. The van der Waals surface area contributed by atoms with Crippen LogP contribution >= 0.6 is 0 Å². The third-order valence-electron chi connectivity index (χ3n) is 6.03. The van der Waals surface area contributed by atoms with Crippen molar-refractivity contribution in [1.82, 2.24) is 0 Å². The number of amides is 2. The highest BCUT2D eigenvalue weighted by Crippen LogP contribution is 2.29. The highest BCUT2D eigenvalue weighted by atomic mass is 16.5. The summed E-state index contributed by atoms with van der Waals surface area (Å²) in [5.41, 5.74) is 1.43. The Kier molecular flexibility index (Phi) is 6.35. The molecule has 0 spiro atoms. The lowest BCUT2D eigenvalue weighted by atomic mass is 10.1. The summed E-state index contributed by atoms with van der Waals surface area (Å²) in [6.45, 7) is 2.86. The van der Waals surface area contributed by atoms with E-state index in [-0.39, 0.29) is 18.2 Å². The number of fused-ring (bicyclic) bond motifs is 1. The fourth-order valence-corrected chi connectivity index (χ4v) is 4.24. The Morgan fingerprint density at radius 2 is 1.57 bits per heavy atom. The van der Waals surface area contributed by atoms with Crippen molar-refractivity contribution in [3.63, 3.8) is 0 Å². The first-order chi connectivity index (χ1) is 17.1. The number of hydrogen-bond acceptors (Lipinski definition) is 4. The molecule has 4 aromatic carbocycles. The highest BCUT2D eigenvalue weighted by Gasteiger charge is 2.35. The molecule has 5 rings (SSSR count). The van der Waals surface area contributed by atoms with E-state index < -0.39 is 5.92 Å². The molecule has 35 heavy (non-hydrogen) atoms. The Balaban J connectivity index is 1.19. The van der Waals surface area contributed by atoms with Crippen molar-refractivity contribution in [3.8, 4) is 17.2 Å². The van der Waals surface area contributed by atoms with Crippen molar-refractivity contribution in [2.24, 2.45) is 5.92 Å². The Bertz CT molecular complexity index is 1350. The van der Waals surface area contributed by atoms with Crippen molar-refractivity contribution >= 4 is 34.0 Å². The summed E-state index contributed by atoms with van der Waals surface area (Å²) in [6.07, 6.45) is 0.183. The average Bonchev–Trinajstić information content (AvgIpc) is 3.27. The van der Waals surface area contributed by atoms with E-state index in [2.05, 4.69) is 11.4 Å². The number of nitrogens with one attached hydrogen (secondary N) is 1. The van der Waals surface area contributed by atoms with E-state index in [0.29, 0.717) is 24.6 Å². The standard InChI is InChI=1S/C29H26N2O4/c1-2-34-25-15-10-24(11-16-25)31-19-22(18-28(31)32)29(33)30-23-8-13-26(14-9-23)35-27-12-7-20-5-3-4-6-21(20)17-27/h3-17,22H,2,18-19H2,1H3,(H,30,33)/t22-/m1/s1. The van der Waals surface area contributed by atoms with E-state index in [1.54, 1.807) is 17.0 Å². The molecule has 2 amide bonds. The van der Waals surface area contributed by atoms with Crippen molar-refractivity contribution in [1.29, 1.82) is 0 Å². The largest absolute Gasteiger partial charge is 0.494 e. The summed E-state index contributed by atoms with van der Waals surface area (Å²) in [6, 6.07) is 28.7. The summed E-state index contributed by atoms with van der Waals surface area (Å²) in [4.78, 5) is 27.0. The molecule has 6 heteroatoms. The zero-order valence-corrected chi connectivity index (χ0v) is 19.4. The van der Waals surface area contributed by atoms with Gasteiger partial charge >= 0.3 is 0 Å². The van der Waals surface area contributed by atoms with Gasteiger partial charge in [0, 0.05) is 24.3 Å². The summed E-state index contributed by atoms with van der Waals surface area (Å²) in [5, 5.41) is 5.19. The average molecular weight is 467 g/mol. The monoisotopic (exact) mass is 466 g/mol. The van der Waals surface area contributed by atoms with Gasteiger partial charge in [0.15, 0.2) is 0 Å². The Labute approximate surface area is 204 Å². The topological polar surface area (TPSA) is 67.9 Å². The van der Waals surface area contributed by atoms with Gasteiger partial charge in [-0.05, 0) is 78.4 Å². The van der Waals surface area contributed by atoms with E-state index in [0.717, 1.165) is 28.0 Å². The zero-order chi connectivity index (χ0) is 24.2. The lowest BCUT2D eigenvalue weighted by molar-refractivity contribution is -0.122. The minimum atomic E-state index is -0.414. The van der Waals surface area contributed by atoms with E-state index >= 15 is 0 Å². The maximum Gasteiger partial charge on any atom is 0.229 e. The molecule has 6 nitrogen and oxygen atoms in total. The molecule has 0 bridgehead atoms. The molecule has 176 valence electrons. The van der Waals surface area contributed by atoms with Gasteiger partial charge < -0.3 is 19.7 Å². The lowest BCUT2D eigenvalue weighted by Crippen LogP contribution is -2.28. The molecule has 1 fully saturated rings. The maximum absolute atomic E-state index is 12.8. The van der Waals surface area contributed by atoms with Crippen LogP contribution in [0.15, 0.2) is 91.0 Å². The number of benzene rings is 4. The zero-order valence-electron chi connectivity index (χ0n) is 19.4. The molecule has 1 aliphatic rings. The summed E-state index contributed by atoms with van der Waals surface area (Å²) < 4.78 is 11.4. The van der Waals surface area contributed by atoms with Crippen LogP contribution in [0, 0.1) is 5.92 Å². The second-order valence-corrected chi connectivity index (χ2v) is 8.46. The molecule has 1 atom stereocenters. The van der Waals surface area contributed by atoms with Gasteiger partial charge in [0.1, 0.15) is 17.2 Å². The predicted molar refractivity (Wildman–Crippen MR) is 137 cm³/mol. The van der Waals surface area contributed by atoms with Crippen molar-refractivity contribution < 1.29 is 19.1 Å². The molecular formula is C29H26N2O4. The quantitative estimate of drug-likeness (QED) is 0.362. The van der Waals surface area contributed by atoms with Gasteiger partial charge in [0.05, 0.1) is 12.5 Å². The van der Waals surface area contributed by atoms with E-state index in [1.807, 2.05) is 79.7 Å². The van der Waals surface area contributed by atoms with Crippen LogP contribution in [0.5, 0.6) is 17.2 Å². The van der Waals surface area contributed by atoms with Crippen LogP contribution in [0.4, 0.5) is 11.4 Å². The molecule has 1 saturated heterocycles. The van der Waals surface area contributed by atoms with Crippen LogP contribution in [0.2, 0.25) is 0 Å². The molecule has 0 unspecified atom stereocenters. The van der Waals surface area contributed by atoms with Gasteiger partial charge in [-0.1, -0.05) is 30.3 Å². The smallest absolute Gasteiger partial charge is 0.229 e. The van der Waals surface area contributed by atoms with Gasteiger partial charge in [-0.25, -0.2) is 0 Å². The molecule has 0 aromatic heterocycles. The number of ether oxygens (including phenoxy) is 2. The van der Waals surface area contributed by atoms with Crippen LogP contribution in [0.1, 0.15) is 13.3 Å². The fourth-order valence-electron chi connectivity index (χ4n) is 4.24. The second kappa shape index (κ2) is 9.89. The van der Waals surface area contributed by atoms with Gasteiger partial charge in [0.25, 0.3) is 0 Å². The molecule has 1 N–H and O–H groups in total. The SMILES string of the molecule is CCOc1ccc(N2C[C@H](C(=O)Nc3ccc(Oc4ccc5ccccc5c4)cc3)CC2=O)cc1. The molecule has 1 aliphatic heterocycles. The molecule has 1 heterocycles. The summed E-state index contributed by atoms with van der Waals surface area (Å²) in [7, 11) is 0. The minimum absolute atomic E-state index is 0.0616. The van der Waals surface area contributed by atoms with Crippen LogP contribution in [0.3, 0.4) is 0 Å². The maximum atomic E-state index is 12.8. The molecular weight excluding hydrogens is 440 g/mol. The first-order valence-electron chi connectivity index (χ1n) is 11.7. The highest BCUT2D eigenvalue weighted by molar-refractivity contribution is 6.03. The van der Waals surface area contributed by atoms with Crippen molar-refractivity contribution in [2.75, 3.05) is 23.4 Å². The molecule has 4 aromatic rings. The van der Waals surface area contributed by atoms with E-state index in [9.17, 15) is 9.59 Å². The van der Waals surface area contributed by atoms with Crippen molar-refractivity contribution in [2.45, 2.75) is 13.3 Å². The van der Waals surface area contributed by atoms with Gasteiger partial charge in [0.2, 0.25) is 11.8 Å². The summed E-state index contributed by atoms with van der Waals surface area (Å²) in [5.74, 6) is 1.53. The third-order valence-corrected chi connectivity index (χ3v) is 6.03. The van der Waals surface area contributed by atoms with Crippen LogP contribution < -0.4 is 19.7 Å². The minimum Gasteiger partial charge on any atom is -0.494 e. The third kappa shape index (κ3) is 5.11.